The van der Waals surface area contributed by atoms with Gasteiger partial charge in [0.15, 0.2) is 0 Å². The summed E-state index contributed by atoms with van der Waals surface area (Å²) in [5.74, 6) is 0. The van der Waals surface area contributed by atoms with E-state index >= 15 is 0 Å². The third-order valence-electron chi connectivity index (χ3n) is 0.219. The van der Waals surface area contributed by atoms with Crippen LogP contribution < -0.4 is 0 Å². The molecule has 0 rings (SSSR count). The Balaban J connectivity index is 3.33. The fourth-order valence-electron chi connectivity index (χ4n) is 0.0747. The van der Waals surface area contributed by atoms with E-state index < -0.39 is 0 Å². The van der Waals surface area contributed by atoms with Crippen molar-refractivity contribution >= 4 is 6.34 Å². The maximum Gasteiger partial charge on any atom is 0.389 e. The lowest BCUT2D eigenvalue weighted by Gasteiger charge is -1.48. The minimum absolute atomic E-state index is 0.944. The van der Waals surface area contributed by atoms with Gasteiger partial charge in [-0.25, -0.2) is 0 Å². The second-order valence-corrected chi connectivity index (χ2v) is 0.546. The van der Waals surface area contributed by atoms with Crippen molar-refractivity contribution in [2.24, 2.45) is 10.2 Å². The number of azo groups is 1. The monoisotopic (exact) mass is 84.0 g/mol. The van der Waals surface area contributed by atoms with Gasteiger partial charge in [0.25, 0.3) is 0 Å². The third kappa shape index (κ3) is 2.98. The minimum Gasteiger partial charge on any atom is -0.498 e. The fraction of sp³-hybridized carbons (Fsp3) is 0.500. The molecule has 0 aliphatic heterocycles. The Labute approximate surface area is 35.1 Å². The molecule has 0 aliphatic carbocycles. The summed E-state index contributed by atoms with van der Waals surface area (Å²) in [7, 11) is 1.49. The minimum atomic E-state index is 0.944. The van der Waals surface area contributed by atoms with Crippen molar-refractivity contribution in [2.75, 3.05) is 7.05 Å². The first-order valence-electron chi connectivity index (χ1n) is 1.36. The zero-order chi connectivity index (χ0) is 4.83. The highest BCUT2D eigenvalue weighted by Crippen LogP contribution is 1.53. The van der Waals surface area contributed by atoms with Gasteiger partial charge in [-0.1, -0.05) is 5.11 Å². The molecule has 0 aromatic rings. The van der Waals surface area contributed by atoms with Gasteiger partial charge in [0.2, 0.25) is 0 Å². The number of nitrogens with zero attached hydrogens (tertiary/aromatic N) is 4. The SMILES string of the molecule is CN=NC=[N+]=[N-]. The molecular weight excluding hydrogens is 80.1 g/mol. The predicted octanol–water partition coefficient (Wildman–Crippen LogP) is 0.327. The molecule has 0 bridgehead atoms. The molecule has 0 aliphatic rings. The van der Waals surface area contributed by atoms with Crippen LogP contribution in [0.2, 0.25) is 0 Å². The quantitative estimate of drug-likeness (QED) is 0.190. The van der Waals surface area contributed by atoms with E-state index in [4.69, 9.17) is 5.53 Å². The molecule has 0 fully saturated rings. The van der Waals surface area contributed by atoms with Gasteiger partial charge in [-0.2, -0.15) is 0 Å². The van der Waals surface area contributed by atoms with E-state index in [9.17, 15) is 0 Å². The van der Waals surface area contributed by atoms with Crippen LogP contribution in [0.1, 0.15) is 0 Å². The number of hydrogen-bond acceptors (Lipinski definition) is 1. The van der Waals surface area contributed by atoms with Crippen LogP contribution in [0.4, 0.5) is 0 Å². The highest BCUT2D eigenvalue weighted by atomic mass is 15.1. The van der Waals surface area contributed by atoms with Crippen molar-refractivity contribution in [1.29, 1.82) is 0 Å². The second kappa shape index (κ2) is 3.98. The zero-order valence-electron chi connectivity index (χ0n) is 3.37. The Morgan fingerprint density at radius 2 is 2.50 bits per heavy atom. The zero-order valence-corrected chi connectivity index (χ0v) is 3.37. The van der Waals surface area contributed by atoms with Crippen molar-refractivity contribution in [1.82, 2.24) is 0 Å². The molecule has 0 saturated carbocycles. The average molecular weight is 84.1 g/mol. The summed E-state index contributed by atoms with van der Waals surface area (Å²) in [6.45, 7) is 0. The topological polar surface area (TPSA) is 61.1 Å². The molecule has 0 aromatic carbocycles. The number of hydrogen-bond donors (Lipinski definition) is 0. The largest absolute Gasteiger partial charge is 0.498 e. The number of rotatable bonds is 1. The molecule has 0 heterocycles. The van der Waals surface area contributed by atoms with Crippen molar-refractivity contribution in [3.05, 3.63) is 5.53 Å². The van der Waals surface area contributed by atoms with Gasteiger partial charge in [-0.15, -0.1) is 0 Å². The average Bonchev–Trinajstić information content (AvgIpc) is 1.61. The maximum absolute atomic E-state index is 7.61. The van der Waals surface area contributed by atoms with Gasteiger partial charge in [-0.05, 0) is 0 Å². The summed E-state index contributed by atoms with van der Waals surface area (Å²) in [6, 6.07) is 0. The van der Waals surface area contributed by atoms with Crippen molar-refractivity contribution in [3.63, 3.8) is 0 Å². The van der Waals surface area contributed by atoms with Crippen molar-refractivity contribution in [2.45, 2.75) is 0 Å². The Morgan fingerprint density at radius 1 is 1.83 bits per heavy atom. The van der Waals surface area contributed by atoms with Crippen LogP contribution in [0, 0.1) is 0 Å². The van der Waals surface area contributed by atoms with Gasteiger partial charge < -0.3 is 10.3 Å². The molecule has 0 saturated heterocycles. The molecular formula is C2H4N4. The van der Waals surface area contributed by atoms with E-state index in [0.717, 1.165) is 6.34 Å². The predicted molar refractivity (Wildman–Crippen MR) is 20.5 cm³/mol. The van der Waals surface area contributed by atoms with Crippen molar-refractivity contribution < 1.29 is 4.79 Å². The third-order valence-corrected chi connectivity index (χ3v) is 0.219. The Hall–Kier alpha value is -1.02. The molecule has 4 heteroatoms. The van der Waals surface area contributed by atoms with Gasteiger partial charge >= 0.3 is 6.34 Å². The smallest absolute Gasteiger partial charge is 0.389 e. The van der Waals surface area contributed by atoms with Crippen LogP contribution in [0.25, 0.3) is 5.53 Å². The Kier molecular flexibility index (Phi) is 3.30. The van der Waals surface area contributed by atoms with E-state index in [-0.39, 0.29) is 0 Å². The highest BCUT2D eigenvalue weighted by Gasteiger charge is 1.62. The molecule has 32 valence electrons. The fourth-order valence-corrected chi connectivity index (χ4v) is 0.0747. The Bertz CT molecular complexity index is 87.7. The molecule has 0 atom stereocenters. The first-order valence-corrected chi connectivity index (χ1v) is 1.36. The standard InChI is InChI=1S/C2H4N4/c1-4-6-2-5-3/h2H,1H3. The van der Waals surface area contributed by atoms with Crippen LogP contribution in [0.5, 0.6) is 0 Å². The van der Waals surface area contributed by atoms with E-state index in [2.05, 4.69) is 15.0 Å². The maximum atomic E-state index is 7.61. The summed E-state index contributed by atoms with van der Waals surface area (Å²) < 4.78 is 0. The molecule has 0 amide bonds. The van der Waals surface area contributed by atoms with E-state index in [1.165, 1.54) is 7.05 Å². The van der Waals surface area contributed by atoms with E-state index in [1.54, 1.807) is 0 Å². The molecule has 0 N–H and O–H groups in total. The van der Waals surface area contributed by atoms with Crippen LogP contribution in [-0.2, 0) is 0 Å². The van der Waals surface area contributed by atoms with E-state index in [0.29, 0.717) is 0 Å². The molecule has 0 spiro atoms. The van der Waals surface area contributed by atoms with Crippen LogP contribution >= 0.6 is 0 Å². The first kappa shape index (κ1) is 4.98. The Morgan fingerprint density at radius 3 is 2.67 bits per heavy atom. The van der Waals surface area contributed by atoms with Crippen LogP contribution in [0.15, 0.2) is 10.2 Å². The summed E-state index contributed by atoms with van der Waals surface area (Å²) in [4.78, 5) is 2.54. The van der Waals surface area contributed by atoms with Crippen molar-refractivity contribution in [3.8, 4) is 0 Å². The second-order valence-electron chi connectivity index (χ2n) is 0.546. The van der Waals surface area contributed by atoms with Gasteiger partial charge in [0.05, 0.1) is 12.2 Å². The summed E-state index contributed by atoms with van der Waals surface area (Å²) in [5.41, 5.74) is 7.61. The van der Waals surface area contributed by atoms with Gasteiger partial charge in [0.1, 0.15) is 0 Å². The molecule has 4 nitrogen and oxygen atoms in total. The summed E-state index contributed by atoms with van der Waals surface area (Å²) >= 11 is 0. The summed E-state index contributed by atoms with van der Waals surface area (Å²) in [5, 5.41) is 6.41. The highest BCUT2D eigenvalue weighted by molar-refractivity contribution is 5.46. The van der Waals surface area contributed by atoms with Gasteiger partial charge in [0, 0.05) is 0 Å². The van der Waals surface area contributed by atoms with Crippen LogP contribution in [0.3, 0.4) is 0 Å². The lowest BCUT2D eigenvalue weighted by molar-refractivity contribution is 0.00168. The van der Waals surface area contributed by atoms with E-state index in [1.807, 2.05) is 0 Å². The summed E-state index contributed by atoms with van der Waals surface area (Å²) in [6.07, 6.45) is 0.944. The normalized spacial score (nSPS) is 8.17. The lowest BCUT2D eigenvalue weighted by atomic mass is 11.4. The first-order chi connectivity index (χ1) is 2.91. The van der Waals surface area contributed by atoms with Crippen LogP contribution in [-0.4, -0.2) is 18.2 Å². The molecule has 6 heavy (non-hydrogen) atoms. The van der Waals surface area contributed by atoms with Gasteiger partial charge in [-0.3, -0.25) is 0 Å². The molecule has 0 radical (unpaired) electrons. The molecule has 0 unspecified atom stereocenters. The lowest BCUT2D eigenvalue weighted by Crippen LogP contribution is -1.58. The molecule has 0 aromatic heterocycles.